The van der Waals surface area contributed by atoms with Gasteiger partial charge in [0.1, 0.15) is 6.29 Å². The summed E-state index contributed by atoms with van der Waals surface area (Å²) in [6, 6.07) is 0. The number of carbonyl (C=O) groups is 1. The van der Waals surface area contributed by atoms with E-state index in [0.29, 0.717) is 23.8 Å². The fourth-order valence-corrected chi connectivity index (χ4v) is 4.69. The third-order valence-corrected chi connectivity index (χ3v) is 5.30. The normalized spacial score (nSPS) is 41.7. The first-order chi connectivity index (χ1) is 6.08. The van der Waals surface area contributed by atoms with E-state index < -0.39 is 9.84 Å². The van der Waals surface area contributed by atoms with Crippen molar-refractivity contribution in [2.24, 2.45) is 11.3 Å². The van der Waals surface area contributed by atoms with E-state index in [1.807, 2.05) is 0 Å². The zero-order valence-electron chi connectivity index (χ0n) is 7.53. The predicted molar refractivity (Wildman–Crippen MR) is 49.1 cm³/mol. The molecule has 1 saturated heterocycles. The second-order valence-electron chi connectivity index (χ2n) is 4.36. The number of hydrogen-bond donors (Lipinski definition) is 0. The molecule has 0 bridgehead atoms. The van der Waals surface area contributed by atoms with E-state index in [0.717, 1.165) is 25.5 Å². The molecule has 1 heterocycles. The molecular formula is C9H14O3S. The lowest BCUT2D eigenvalue weighted by Gasteiger charge is -2.22. The number of rotatable bonds is 2. The maximum Gasteiger partial charge on any atom is 0.150 e. The van der Waals surface area contributed by atoms with Crippen LogP contribution in [0.2, 0.25) is 0 Å². The first kappa shape index (κ1) is 9.19. The van der Waals surface area contributed by atoms with Gasteiger partial charge in [-0.05, 0) is 30.6 Å². The molecule has 3 nitrogen and oxygen atoms in total. The van der Waals surface area contributed by atoms with Crippen molar-refractivity contribution in [3.63, 3.8) is 0 Å². The zero-order chi connectivity index (χ0) is 9.53. The largest absolute Gasteiger partial charge is 0.303 e. The first-order valence-corrected chi connectivity index (χ1v) is 6.54. The highest BCUT2D eigenvalue weighted by Gasteiger charge is 2.56. The Morgan fingerprint density at radius 2 is 2.23 bits per heavy atom. The van der Waals surface area contributed by atoms with Crippen LogP contribution < -0.4 is 0 Å². The zero-order valence-corrected chi connectivity index (χ0v) is 8.35. The van der Waals surface area contributed by atoms with Crippen LogP contribution in [0, 0.1) is 11.3 Å². The van der Waals surface area contributed by atoms with Crippen LogP contribution in [0.3, 0.4) is 0 Å². The molecular weight excluding hydrogens is 188 g/mol. The van der Waals surface area contributed by atoms with Crippen LogP contribution in [-0.4, -0.2) is 26.2 Å². The van der Waals surface area contributed by atoms with Gasteiger partial charge in [0.25, 0.3) is 0 Å². The van der Waals surface area contributed by atoms with Crippen LogP contribution in [-0.2, 0) is 14.6 Å². The summed E-state index contributed by atoms with van der Waals surface area (Å²) in [6.07, 6.45) is 4.21. The minimum absolute atomic E-state index is 0.0119. The number of sulfone groups is 1. The molecule has 74 valence electrons. The average molecular weight is 202 g/mol. The third-order valence-electron chi connectivity index (χ3n) is 3.38. The molecule has 0 aromatic heterocycles. The standard InChI is InChI=1S/C9H14O3S/c10-4-2-8-6-9(8)3-1-5-13(11,12)7-9/h4,8H,1-3,5-7H2. The molecule has 2 fully saturated rings. The molecule has 0 aromatic rings. The van der Waals surface area contributed by atoms with E-state index in [1.165, 1.54) is 0 Å². The number of aldehydes is 1. The van der Waals surface area contributed by atoms with Gasteiger partial charge < -0.3 is 4.79 Å². The molecule has 2 unspecified atom stereocenters. The van der Waals surface area contributed by atoms with Crippen molar-refractivity contribution in [1.82, 2.24) is 0 Å². The van der Waals surface area contributed by atoms with Crippen molar-refractivity contribution in [1.29, 1.82) is 0 Å². The summed E-state index contributed by atoms with van der Waals surface area (Å²) in [5.74, 6) is 1.04. The van der Waals surface area contributed by atoms with E-state index in [2.05, 4.69) is 0 Å². The van der Waals surface area contributed by atoms with Crippen LogP contribution in [0.4, 0.5) is 0 Å². The topological polar surface area (TPSA) is 51.2 Å². The molecule has 2 rings (SSSR count). The summed E-state index contributed by atoms with van der Waals surface area (Å²) in [5, 5.41) is 0. The van der Waals surface area contributed by atoms with E-state index in [1.54, 1.807) is 0 Å². The molecule has 2 atom stereocenters. The maximum atomic E-state index is 11.4. The van der Waals surface area contributed by atoms with Gasteiger partial charge in [-0.25, -0.2) is 8.42 Å². The van der Waals surface area contributed by atoms with Gasteiger partial charge >= 0.3 is 0 Å². The van der Waals surface area contributed by atoms with Crippen LogP contribution in [0.25, 0.3) is 0 Å². The fraction of sp³-hybridized carbons (Fsp3) is 0.889. The van der Waals surface area contributed by atoms with Crippen molar-refractivity contribution < 1.29 is 13.2 Å². The minimum atomic E-state index is -2.80. The molecule has 13 heavy (non-hydrogen) atoms. The van der Waals surface area contributed by atoms with E-state index in [9.17, 15) is 13.2 Å². The summed E-state index contributed by atoms with van der Waals surface area (Å²) in [7, 11) is -2.80. The minimum Gasteiger partial charge on any atom is -0.303 e. The molecule has 1 aliphatic carbocycles. The SMILES string of the molecule is O=CCC1CC12CCCS(=O)(=O)C2. The molecule has 1 spiro atoms. The third kappa shape index (κ3) is 1.64. The van der Waals surface area contributed by atoms with Gasteiger partial charge in [-0.3, -0.25) is 0 Å². The molecule has 0 radical (unpaired) electrons. The highest BCUT2D eigenvalue weighted by molar-refractivity contribution is 7.91. The summed E-state index contributed by atoms with van der Waals surface area (Å²) < 4.78 is 22.7. The number of hydrogen-bond acceptors (Lipinski definition) is 3. The lowest BCUT2D eigenvalue weighted by Crippen LogP contribution is -2.27. The molecule has 0 amide bonds. The van der Waals surface area contributed by atoms with Crippen LogP contribution in [0.5, 0.6) is 0 Å². The van der Waals surface area contributed by atoms with Gasteiger partial charge in [-0.2, -0.15) is 0 Å². The Morgan fingerprint density at radius 3 is 2.85 bits per heavy atom. The van der Waals surface area contributed by atoms with Crippen molar-refractivity contribution in [3.8, 4) is 0 Å². The Labute approximate surface area is 78.4 Å². The lowest BCUT2D eigenvalue weighted by atomic mass is 9.98. The van der Waals surface area contributed by atoms with Crippen molar-refractivity contribution >= 4 is 16.1 Å². The Morgan fingerprint density at radius 1 is 1.46 bits per heavy atom. The second-order valence-corrected chi connectivity index (χ2v) is 6.55. The smallest absolute Gasteiger partial charge is 0.150 e. The monoisotopic (exact) mass is 202 g/mol. The first-order valence-electron chi connectivity index (χ1n) is 4.72. The summed E-state index contributed by atoms with van der Waals surface area (Å²) in [4.78, 5) is 10.3. The fourth-order valence-electron chi connectivity index (χ4n) is 2.59. The van der Waals surface area contributed by atoms with Crippen molar-refractivity contribution in [2.45, 2.75) is 25.7 Å². The Kier molecular flexibility index (Phi) is 1.98. The summed E-state index contributed by atoms with van der Waals surface area (Å²) in [6.45, 7) is 0. The highest BCUT2D eigenvalue weighted by atomic mass is 32.2. The molecule has 1 saturated carbocycles. The van der Waals surface area contributed by atoms with Crippen LogP contribution in [0.1, 0.15) is 25.7 Å². The van der Waals surface area contributed by atoms with Crippen LogP contribution >= 0.6 is 0 Å². The molecule has 4 heteroatoms. The Balaban J connectivity index is 2.06. The molecule has 0 aromatic carbocycles. The van der Waals surface area contributed by atoms with Crippen molar-refractivity contribution in [2.75, 3.05) is 11.5 Å². The Bertz CT molecular complexity index is 320. The van der Waals surface area contributed by atoms with Gasteiger partial charge in [0, 0.05) is 6.42 Å². The second kappa shape index (κ2) is 2.80. The van der Waals surface area contributed by atoms with Gasteiger partial charge in [0.05, 0.1) is 11.5 Å². The van der Waals surface area contributed by atoms with Gasteiger partial charge in [-0.1, -0.05) is 0 Å². The quantitative estimate of drug-likeness (QED) is 0.622. The Hall–Kier alpha value is -0.380. The van der Waals surface area contributed by atoms with E-state index in [-0.39, 0.29) is 5.41 Å². The van der Waals surface area contributed by atoms with Crippen LogP contribution in [0.15, 0.2) is 0 Å². The van der Waals surface area contributed by atoms with Crippen molar-refractivity contribution in [3.05, 3.63) is 0 Å². The van der Waals surface area contributed by atoms with Gasteiger partial charge in [0.15, 0.2) is 9.84 Å². The molecule has 0 N–H and O–H groups in total. The van der Waals surface area contributed by atoms with Gasteiger partial charge in [-0.15, -0.1) is 0 Å². The highest BCUT2D eigenvalue weighted by Crippen LogP contribution is 2.59. The van der Waals surface area contributed by atoms with E-state index in [4.69, 9.17) is 0 Å². The summed E-state index contributed by atoms with van der Waals surface area (Å²) in [5.41, 5.74) is 0.0119. The van der Waals surface area contributed by atoms with Gasteiger partial charge in [0.2, 0.25) is 0 Å². The molecule has 1 aliphatic heterocycles. The molecule has 2 aliphatic rings. The van der Waals surface area contributed by atoms with E-state index >= 15 is 0 Å². The summed E-state index contributed by atoms with van der Waals surface area (Å²) >= 11 is 0. The lowest BCUT2D eigenvalue weighted by molar-refractivity contribution is -0.108. The average Bonchev–Trinajstić information content (AvgIpc) is 2.61. The predicted octanol–water partition coefficient (Wildman–Crippen LogP) is 0.790. The maximum absolute atomic E-state index is 11.4. The number of carbonyl (C=O) groups excluding carboxylic acids is 1.